The average molecular weight is 494 g/mol. The number of fused-ring (bicyclic) bond motifs is 1. The molecular formula is C27H33N4O5+. The van der Waals surface area contributed by atoms with Gasteiger partial charge in [0, 0.05) is 31.6 Å². The molecule has 1 aliphatic rings. The van der Waals surface area contributed by atoms with Gasteiger partial charge in [-0.3, -0.25) is 9.59 Å². The van der Waals surface area contributed by atoms with E-state index in [1.165, 1.54) is 4.90 Å². The minimum absolute atomic E-state index is 0.00308. The maximum Gasteiger partial charge on any atom is 0.249 e. The Kier molecular flexibility index (Phi) is 7.90. The van der Waals surface area contributed by atoms with Crippen molar-refractivity contribution in [2.45, 2.75) is 45.7 Å². The van der Waals surface area contributed by atoms with E-state index in [1.54, 1.807) is 25.2 Å². The number of benzene rings is 2. The van der Waals surface area contributed by atoms with Gasteiger partial charge in [-0.2, -0.15) is 5.10 Å². The Morgan fingerprint density at radius 2 is 1.92 bits per heavy atom. The zero-order valence-electron chi connectivity index (χ0n) is 20.9. The van der Waals surface area contributed by atoms with Gasteiger partial charge >= 0.3 is 0 Å². The van der Waals surface area contributed by atoms with Crippen LogP contribution in [0.1, 0.15) is 29.4 Å². The summed E-state index contributed by atoms with van der Waals surface area (Å²) in [6.07, 6.45) is 1.21. The molecule has 3 aromatic rings. The smallest absolute Gasteiger partial charge is 0.249 e. The molecule has 3 N–H and O–H groups in total. The number of aromatic amines is 1. The summed E-state index contributed by atoms with van der Waals surface area (Å²) in [5, 5.41) is 15.6. The van der Waals surface area contributed by atoms with Gasteiger partial charge in [0.15, 0.2) is 18.0 Å². The van der Waals surface area contributed by atoms with Crippen molar-refractivity contribution in [3.05, 3.63) is 71.0 Å². The van der Waals surface area contributed by atoms with Gasteiger partial charge in [-0.25, -0.2) is 0 Å². The van der Waals surface area contributed by atoms with Gasteiger partial charge in [0.25, 0.3) is 0 Å². The van der Waals surface area contributed by atoms with Crippen molar-refractivity contribution in [2.75, 3.05) is 25.3 Å². The molecule has 1 atom stereocenters. The normalized spacial score (nSPS) is 12.9. The fourth-order valence-corrected chi connectivity index (χ4v) is 4.56. The van der Waals surface area contributed by atoms with E-state index in [2.05, 4.69) is 10.4 Å². The Hall–Kier alpha value is -3.85. The van der Waals surface area contributed by atoms with Gasteiger partial charge in [-0.1, -0.05) is 37.3 Å². The van der Waals surface area contributed by atoms with E-state index < -0.39 is 6.04 Å². The van der Waals surface area contributed by atoms with Crippen molar-refractivity contribution in [1.82, 2.24) is 10.4 Å². The van der Waals surface area contributed by atoms with Crippen molar-refractivity contribution in [3.8, 4) is 11.5 Å². The Morgan fingerprint density at radius 1 is 1.17 bits per heavy atom. The number of amides is 2. The number of aromatic nitrogens is 2. The van der Waals surface area contributed by atoms with Crippen LogP contribution in [0, 0.1) is 6.92 Å². The molecule has 2 heterocycles. The third-order valence-corrected chi connectivity index (χ3v) is 6.42. The van der Waals surface area contributed by atoms with Crippen molar-refractivity contribution < 1.29 is 28.9 Å². The maximum absolute atomic E-state index is 13.6. The van der Waals surface area contributed by atoms with Gasteiger partial charge in [0.2, 0.25) is 24.3 Å². The second-order valence-corrected chi connectivity index (χ2v) is 8.81. The van der Waals surface area contributed by atoms with Gasteiger partial charge in [-0.15, -0.1) is 4.68 Å². The number of nitrogens with zero attached hydrogens (tertiary/aromatic N) is 2. The minimum atomic E-state index is -0.760. The van der Waals surface area contributed by atoms with E-state index in [1.807, 2.05) is 48.9 Å². The number of H-pyrrole nitrogens is 1. The van der Waals surface area contributed by atoms with Crippen LogP contribution in [0.25, 0.3) is 0 Å². The molecule has 2 aromatic carbocycles. The predicted octanol–water partition coefficient (Wildman–Crippen LogP) is 1.83. The molecule has 0 spiro atoms. The summed E-state index contributed by atoms with van der Waals surface area (Å²) in [7, 11) is 1.69. The number of aryl methyl sites for hydroxylation is 1. The van der Waals surface area contributed by atoms with E-state index in [9.17, 15) is 14.7 Å². The number of carbonyl (C=O) groups is 2. The Morgan fingerprint density at radius 3 is 2.64 bits per heavy atom. The number of aliphatic hydroxyl groups excluding tert-OH is 1. The van der Waals surface area contributed by atoms with Crippen molar-refractivity contribution >= 4 is 17.5 Å². The molecule has 1 aliphatic heterocycles. The van der Waals surface area contributed by atoms with Gasteiger partial charge < -0.3 is 24.8 Å². The van der Waals surface area contributed by atoms with Crippen LogP contribution in [-0.2, 0) is 35.4 Å². The highest BCUT2D eigenvalue weighted by Gasteiger charge is 2.29. The molecule has 9 nitrogen and oxygen atoms in total. The average Bonchev–Trinajstić information content (AvgIpc) is 3.47. The van der Waals surface area contributed by atoms with E-state index in [-0.39, 0.29) is 31.6 Å². The number of aliphatic hydroxyl groups is 1. The molecule has 36 heavy (non-hydrogen) atoms. The van der Waals surface area contributed by atoms with Crippen LogP contribution in [0.3, 0.4) is 0 Å². The fraction of sp³-hybridized carbons (Fsp3) is 0.370. The van der Waals surface area contributed by atoms with E-state index >= 15 is 0 Å². The highest BCUT2D eigenvalue weighted by Crippen LogP contribution is 2.35. The molecule has 0 saturated carbocycles. The zero-order chi connectivity index (χ0) is 25.7. The number of anilines is 1. The fourth-order valence-electron chi connectivity index (χ4n) is 4.56. The summed E-state index contributed by atoms with van der Waals surface area (Å²) in [4.78, 5) is 28.4. The van der Waals surface area contributed by atoms with E-state index in [0.717, 1.165) is 22.5 Å². The largest absolute Gasteiger partial charge is 0.454 e. The Labute approximate surface area is 210 Å². The van der Waals surface area contributed by atoms with E-state index in [4.69, 9.17) is 9.47 Å². The van der Waals surface area contributed by atoms with Crippen LogP contribution in [-0.4, -0.2) is 48.5 Å². The molecule has 0 unspecified atom stereocenters. The minimum Gasteiger partial charge on any atom is -0.454 e. The molecular weight excluding hydrogens is 460 g/mol. The van der Waals surface area contributed by atoms with Crippen molar-refractivity contribution in [3.63, 3.8) is 0 Å². The summed E-state index contributed by atoms with van der Waals surface area (Å²) >= 11 is 0. The summed E-state index contributed by atoms with van der Waals surface area (Å²) in [6, 6.07) is 14.2. The standard InChI is InChI=1S/C27H32N4O5/c1-4-23-21(18(2)29-31(23)12-13-32)16-26(33)28-22(14-19-8-6-5-7-9-19)27(34)30(3)20-10-11-24-25(15-20)36-17-35-24/h5-11,15,22,32H,4,12-14,16-17H2,1-3H3,(H,28,33)/p+1/t22-/m0/s1. The summed E-state index contributed by atoms with van der Waals surface area (Å²) < 4.78 is 12.7. The molecule has 0 bridgehead atoms. The number of carbonyl (C=O) groups excluding carboxylic acids is 2. The number of rotatable bonds is 10. The van der Waals surface area contributed by atoms with Crippen molar-refractivity contribution in [1.29, 1.82) is 0 Å². The number of likely N-dealkylation sites (N-methyl/N-ethyl adjacent to an activating group) is 1. The highest BCUT2D eigenvalue weighted by molar-refractivity contribution is 5.99. The topological polar surface area (TPSA) is 108 Å². The van der Waals surface area contributed by atoms with Crippen LogP contribution in [0.4, 0.5) is 5.69 Å². The number of hydrogen-bond donors (Lipinski definition) is 3. The molecule has 0 radical (unpaired) electrons. The predicted molar refractivity (Wildman–Crippen MR) is 134 cm³/mol. The number of ether oxygens (including phenoxy) is 2. The van der Waals surface area contributed by atoms with Crippen LogP contribution in [0.5, 0.6) is 11.5 Å². The quantitative estimate of drug-likeness (QED) is 0.374. The Balaban J connectivity index is 1.55. The van der Waals surface area contributed by atoms with Crippen molar-refractivity contribution in [2.24, 2.45) is 0 Å². The lowest BCUT2D eigenvalue weighted by atomic mass is 10.0. The van der Waals surface area contributed by atoms with Crippen LogP contribution in [0.15, 0.2) is 48.5 Å². The van der Waals surface area contributed by atoms with Gasteiger partial charge in [-0.05, 0) is 24.6 Å². The zero-order valence-corrected chi connectivity index (χ0v) is 20.9. The molecule has 0 saturated heterocycles. The molecule has 0 fully saturated rings. The first-order valence-electron chi connectivity index (χ1n) is 12.1. The molecule has 1 aromatic heterocycles. The monoisotopic (exact) mass is 493 g/mol. The summed E-state index contributed by atoms with van der Waals surface area (Å²) in [5.74, 6) is 0.752. The van der Waals surface area contributed by atoms with E-state index in [0.29, 0.717) is 36.6 Å². The second-order valence-electron chi connectivity index (χ2n) is 8.81. The van der Waals surface area contributed by atoms with Crippen LogP contribution < -0.4 is 24.4 Å². The first-order valence-corrected chi connectivity index (χ1v) is 12.1. The lowest BCUT2D eigenvalue weighted by Crippen LogP contribution is -2.49. The first kappa shape index (κ1) is 25.2. The van der Waals surface area contributed by atoms with Gasteiger partial charge in [0.1, 0.15) is 12.6 Å². The molecule has 2 amide bonds. The highest BCUT2D eigenvalue weighted by atomic mass is 16.7. The van der Waals surface area contributed by atoms with Crippen LogP contribution >= 0.6 is 0 Å². The first-order chi connectivity index (χ1) is 17.4. The third kappa shape index (κ3) is 5.52. The number of hydrogen-bond acceptors (Lipinski definition) is 5. The number of nitrogens with one attached hydrogen (secondary N) is 2. The molecule has 4 rings (SSSR count). The lowest BCUT2D eigenvalue weighted by Gasteiger charge is -2.25. The Bertz CT molecular complexity index is 1220. The molecule has 9 heteroatoms. The molecule has 190 valence electrons. The molecule has 0 aliphatic carbocycles. The lowest BCUT2D eigenvalue weighted by molar-refractivity contribution is -0.757. The summed E-state index contributed by atoms with van der Waals surface area (Å²) in [6.45, 7) is 4.51. The summed E-state index contributed by atoms with van der Waals surface area (Å²) in [5.41, 5.74) is 4.33. The SMILES string of the molecule is CCc1c(CC(=O)N[C@@H](Cc2ccccc2)C(=O)N(C)c2ccc3c(c2)OCO3)c(C)[nH][n+]1CCO. The second kappa shape index (κ2) is 11.3. The maximum atomic E-state index is 13.6. The van der Waals surface area contributed by atoms with Gasteiger partial charge in [0.05, 0.1) is 17.7 Å². The third-order valence-electron chi connectivity index (χ3n) is 6.42. The van der Waals surface area contributed by atoms with Crippen LogP contribution in [0.2, 0.25) is 0 Å².